The number of fused-ring (bicyclic) bond motifs is 15. The third kappa shape index (κ3) is 20.1. The van der Waals surface area contributed by atoms with Gasteiger partial charge in [0.2, 0.25) is 0 Å². The van der Waals surface area contributed by atoms with Gasteiger partial charge in [0.05, 0.1) is 26.4 Å². The van der Waals surface area contributed by atoms with E-state index >= 15 is 0 Å². The molecule has 0 bridgehead atoms. The van der Waals surface area contributed by atoms with Crippen LogP contribution in [0.4, 0.5) is 0 Å². The minimum absolute atomic E-state index is 0.0502. The lowest BCUT2D eigenvalue weighted by Crippen LogP contribution is -2.50. The molecule has 9 fully saturated rings. The zero-order valence-corrected chi connectivity index (χ0v) is 93.0. The molecule has 0 aromatic heterocycles. The topological polar surface area (TPSA) is 105 Å². The molecule has 0 amide bonds. The first-order valence-electron chi connectivity index (χ1n) is 51.3. The Hall–Kier alpha value is -2.94. The number of sulfone groups is 2. The second-order valence-electron chi connectivity index (χ2n) is 52.1. The molecule has 0 saturated heterocycles. The highest BCUT2D eigenvalue weighted by molar-refractivity contribution is 7.99. The van der Waals surface area contributed by atoms with Crippen molar-refractivity contribution in [3.63, 3.8) is 0 Å². The van der Waals surface area contributed by atoms with Crippen molar-refractivity contribution in [2.45, 2.75) is 423 Å². The lowest BCUT2D eigenvalue weighted by atomic mass is 9.50. The summed E-state index contributed by atoms with van der Waals surface area (Å²) in [7, 11) is -14.2. The summed E-state index contributed by atoms with van der Waals surface area (Å²) in [5, 5.41) is 0.395. The highest BCUT2D eigenvalue weighted by Crippen LogP contribution is 2.71. The number of thioether (sulfide) groups is 1. The lowest BCUT2D eigenvalue weighted by molar-refractivity contribution is 0.0328. The van der Waals surface area contributed by atoms with Crippen molar-refractivity contribution in [1.82, 2.24) is 0 Å². The van der Waals surface area contributed by atoms with Crippen LogP contribution in [0.5, 0.6) is 0 Å². The summed E-state index contributed by atoms with van der Waals surface area (Å²) in [4.78, 5) is 2.35. The van der Waals surface area contributed by atoms with Crippen molar-refractivity contribution in [2.75, 3.05) is 11.5 Å². The van der Waals surface area contributed by atoms with Crippen LogP contribution in [0.15, 0.2) is 176 Å². The zero-order chi connectivity index (χ0) is 94.0. The van der Waals surface area contributed by atoms with Crippen LogP contribution in [0.1, 0.15) is 307 Å². The van der Waals surface area contributed by atoms with Crippen LogP contribution < -0.4 is 0 Å². The predicted molar refractivity (Wildman–Crippen MR) is 554 cm³/mol. The molecule has 0 N–H and O–H groups in total. The second kappa shape index (κ2) is 37.1. The molecule has 0 spiro atoms. The first kappa shape index (κ1) is 102. The molecule has 8 nitrogen and oxygen atoms in total. The number of allylic oxidation sites excluding steroid dienone is 9. The van der Waals surface area contributed by atoms with Crippen molar-refractivity contribution < 1.29 is 34.5 Å². The molecule has 0 aliphatic heterocycles. The molecule has 15 heteroatoms. The van der Waals surface area contributed by atoms with E-state index < -0.39 is 63.8 Å². The molecule has 12 aliphatic carbocycles. The van der Waals surface area contributed by atoms with E-state index in [9.17, 15) is 16.8 Å². The zero-order valence-electron chi connectivity index (χ0n) is 86.5. The SMILES string of the molecule is C[C@@H](C(CCC(C)(C)O[Si](C)(C)C(C)(C)C)S(=O)(=O)c1ccccc1)[C@H]1CC[C@H]2C3=CC=C4CC(O[Si](C)(C)C(C)(C)C)CC[C@]4(C)[C@H]3CC[C@]12C.C[C@@H](CS(=O)(=O)c1ccccc1)[C@H]1CC[C@H]2C3=CC=C4CC(O[Si](C)(C)C(C)(C)C)CC[C@]4(C)[C@H]3CC[C@]12C.C[C@@H](CSc1ccccc1)[C@H]1CC[C@H]2C3=CC=C4CC(O[Si](C)(C)C(C)(C)C)CC[C@]4(C)[C@H]3CC[C@]12C. The van der Waals surface area contributed by atoms with Crippen molar-refractivity contribution in [3.05, 3.63) is 161 Å². The van der Waals surface area contributed by atoms with Crippen LogP contribution in [-0.4, -0.2) is 90.8 Å². The van der Waals surface area contributed by atoms with Crippen LogP contribution in [0.3, 0.4) is 0 Å². The van der Waals surface area contributed by atoms with E-state index in [0.29, 0.717) is 80.9 Å². The lowest BCUT2D eigenvalue weighted by Gasteiger charge is -2.56. The van der Waals surface area contributed by atoms with Gasteiger partial charge in [0.15, 0.2) is 52.9 Å². The molecule has 4 unspecified atom stereocenters. The average Bonchev–Trinajstić information content (AvgIpc) is 1.48. The van der Waals surface area contributed by atoms with Gasteiger partial charge in [-0.3, -0.25) is 0 Å². The van der Waals surface area contributed by atoms with Crippen molar-refractivity contribution in [2.24, 2.45) is 104 Å². The Morgan fingerprint density at radius 1 is 0.383 bits per heavy atom. The molecule has 3 aromatic carbocycles. The third-order valence-corrected chi connectivity index (χ3v) is 63.8. The van der Waals surface area contributed by atoms with Gasteiger partial charge in [0, 0.05) is 29.0 Å². The summed E-state index contributed by atoms with van der Waals surface area (Å²) in [6.45, 7) is 73.8. The maximum atomic E-state index is 14.7. The highest BCUT2D eigenvalue weighted by atomic mass is 32.2. The van der Waals surface area contributed by atoms with Crippen LogP contribution >= 0.6 is 11.8 Å². The van der Waals surface area contributed by atoms with Gasteiger partial charge in [-0.05, 0) is 374 Å². The Kier molecular flexibility index (Phi) is 29.7. The van der Waals surface area contributed by atoms with Crippen molar-refractivity contribution in [1.29, 1.82) is 0 Å². The van der Waals surface area contributed by atoms with Gasteiger partial charge < -0.3 is 17.7 Å². The largest absolute Gasteiger partial charge is 0.414 e. The molecule has 9 saturated carbocycles. The molecule has 12 aliphatic rings. The Morgan fingerprint density at radius 2 is 0.711 bits per heavy atom. The molecular weight excluding hydrogens is 1690 g/mol. The molecule has 714 valence electrons. The predicted octanol–water partition coefficient (Wildman–Crippen LogP) is 32.2. The standard InChI is InChI=1S/C45H76O4SSi2.C34H52O3SSi.C34H52OSSi/c1-32(40(50(46,47)35-19-17-16-18-20-35)27-28-43(8,9)49-52(14,15)42(5,6)7)37-23-24-38-36-22-21-33-31-34(48-51(12,13)41(2,3)4)25-29-44(33,10)39(36)26-30-45(37,38)11;1-24(23-38(35,36)27-12-10-9-11-13-27)29-16-17-30-28-15-14-25-22-26(37-39(7,8)32(2,3)4)18-20-33(25,5)31(28)19-21-34(29,30)6;1-24(23-36-27-12-10-9-11-13-27)29-16-17-30-28-15-14-25-22-26(35-37(7,8)32(2,3)4)18-20-33(25,5)31(28)19-21-34(29,30)6/h16-22,32,34,37-40H,23-31H2,1-15H3;9-15,24,26,29-31H,16-23H2,1-8H3;9-15,24,26,29-31H,16-23H2,1-8H3/t32-,34?,37-,38+,39+,40?,44+,45-;2*24-,26?,29+,30-,31-,33-,34+/m100/s1. The smallest absolute Gasteiger partial charge is 0.192 e. The first-order chi connectivity index (χ1) is 59.1. The quantitative estimate of drug-likeness (QED) is 0.0678. The normalized spacial score (nSPS) is 34.3. The van der Waals surface area contributed by atoms with Crippen LogP contribution in [-0.2, 0) is 37.4 Å². The van der Waals surface area contributed by atoms with Gasteiger partial charge in [-0.25, -0.2) is 16.8 Å². The first-order valence-corrected chi connectivity index (χ1v) is 67.1. The fourth-order valence-corrected chi connectivity index (χ4v) is 38.8. The minimum Gasteiger partial charge on any atom is -0.414 e. The number of hydrogen-bond acceptors (Lipinski definition) is 9. The van der Waals surface area contributed by atoms with Gasteiger partial charge in [-0.15, -0.1) is 11.8 Å². The average molecular weight is 1880 g/mol. The van der Waals surface area contributed by atoms with E-state index in [4.69, 9.17) is 17.7 Å². The summed E-state index contributed by atoms with van der Waals surface area (Å²) in [6, 6.07) is 29.3. The van der Waals surface area contributed by atoms with Crippen molar-refractivity contribution in [3.8, 4) is 0 Å². The van der Waals surface area contributed by atoms with Gasteiger partial charge >= 0.3 is 0 Å². The van der Waals surface area contributed by atoms with Crippen LogP contribution in [0.25, 0.3) is 0 Å². The fraction of sp³-hybridized carbons (Fsp3) is 0.735. The maximum absolute atomic E-state index is 14.7. The van der Waals surface area contributed by atoms with Crippen LogP contribution in [0, 0.1) is 104 Å². The van der Waals surface area contributed by atoms with Gasteiger partial charge in [-0.2, -0.15) is 0 Å². The summed E-state index contributed by atoms with van der Waals surface area (Å²) >= 11 is 2.06. The van der Waals surface area contributed by atoms with E-state index in [1.807, 2.05) is 42.0 Å². The Labute approximate surface area is 792 Å². The molecule has 0 heterocycles. The molecule has 22 atom stereocenters. The third-order valence-electron chi connectivity index (χ3n) is 39.9. The van der Waals surface area contributed by atoms with Gasteiger partial charge in [-0.1, -0.05) is 270 Å². The summed E-state index contributed by atoms with van der Waals surface area (Å²) in [6.07, 6.45) is 43.3. The van der Waals surface area contributed by atoms with E-state index in [1.54, 1.807) is 52.1 Å². The summed E-state index contributed by atoms with van der Waals surface area (Å²) in [5.41, 5.74) is 11.3. The van der Waals surface area contributed by atoms with E-state index in [0.717, 1.165) is 68.6 Å². The molecular formula is C113H180O8S3Si4. The molecule has 3 aromatic rings. The molecule has 15 rings (SSSR count). The summed E-state index contributed by atoms with van der Waals surface area (Å²) < 4.78 is 83.6. The molecule has 0 radical (unpaired) electrons. The van der Waals surface area contributed by atoms with Crippen LogP contribution in [0.2, 0.25) is 72.5 Å². The Bertz CT molecular complexity index is 4840. The molecule has 128 heavy (non-hydrogen) atoms. The van der Waals surface area contributed by atoms with Crippen molar-refractivity contribution >= 4 is 64.7 Å². The van der Waals surface area contributed by atoms with E-state index in [1.165, 1.54) is 107 Å². The van der Waals surface area contributed by atoms with E-state index in [-0.39, 0.29) is 59.4 Å². The Morgan fingerprint density at radius 3 is 1.07 bits per heavy atom. The monoisotopic (exact) mass is 1870 g/mol. The van der Waals surface area contributed by atoms with E-state index in [2.05, 4.69) is 290 Å². The van der Waals surface area contributed by atoms with Gasteiger partial charge in [0.1, 0.15) is 0 Å². The minimum atomic E-state index is -3.55. The second-order valence-corrected chi connectivity index (χ2v) is 76.4. The Balaban J connectivity index is 0.000000167. The van der Waals surface area contributed by atoms with Gasteiger partial charge in [0.25, 0.3) is 0 Å². The number of hydrogen-bond donors (Lipinski definition) is 0. The highest BCUT2D eigenvalue weighted by Gasteiger charge is 2.63. The summed E-state index contributed by atoms with van der Waals surface area (Å²) in [5.74, 6) is 8.01. The number of benzene rings is 3. The number of rotatable bonds is 23. The maximum Gasteiger partial charge on any atom is 0.192 e. The fourth-order valence-electron chi connectivity index (χ4n) is 28.0.